The molecule has 0 aliphatic heterocycles. The molecule has 18 heavy (non-hydrogen) atoms. The standard InChI is InChI=1S/C11H15NO5S/c1-17-9-4-3-7(8(6-12)11(13)14)5-10(9)18(2,15)16/h3-5,8H,6,12H2,1-2H3,(H,13,14). The molecule has 0 saturated heterocycles. The van der Waals surface area contributed by atoms with Crippen molar-refractivity contribution in [2.24, 2.45) is 5.73 Å². The summed E-state index contributed by atoms with van der Waals surface area (Å²) in [6.07, 6.45) is 1.03. The van der Waals surface area contributed by atoms with E-state index in [4.69, 9.17) is 15.6 Å². The zero-order valence-corrected chi connectivity index (χ0v) is 10.9. The predicted molar refractivity (Wildman–Crippen MR) is 65.5 cm³/mol. The third-order valence-electron chi connectivity index (χ3n) is 2.52. The van der Waals surface area contributed by atoms with Crippen LogP contribution >= 0.6 is 0 Å². The molecule has 0 aromatic heterocycles. The minimum absolute atomic E-state index is 0.0396. The highest BCUT2D eigenvalue weighted by atomic mass is 32.2. The maximum Gasteiger partial charge on any atom is 0.312 e. The first-order valence-electron chi connectivity index (χ1n) is 5.12. The lowest BCUT2D eigenvalue weighted by atomic mass is 9.99. The molecule has 0 aliphatic rings. The van der Waals surface area contributed by atoms with Crippen molar-refractivity contribution in [3.8, 4) is 5.75 Å². The highest BCUT2D eigenvalue weighted by molar-refractivity contribution is 7.90. The fourth-order valence-electron chi connectivity index (χ4n) is 1.58. The Balaban J connectivity index is 3.39. The number of carboxylic acid groups (broad SMARTS) is 1. The molecule has 0 bridgehead atoms. The van der Waals surface area contributed by atoms with Crippen LogP contribution in [0.5, 0.6) is 5.75 Å². The minimum Gasteiger partial charge on any atom is -0.495 e. The Morgan fingerprint density at radius 3 is 2.50 bits per heavy atom. The predicted octanol–water partition coefficient (Wildman–Crippen LogP) is 0.226. The highest BCUT2D eigenvalue weighted by Crippen LogP contribution is 2.28. The largest absolute Gasteiger partial charge is 0.495 e. The van der Waals surface area contributed by atoms with Crippen LogP contribution in [0.3, 0.4) is 0 Å². The van der Waals surface area contributed by atoms with E-state index in [9.17, 15) is 13.2 Å². The molecule has 0 radical (unpaired) electrons. The van der Waals surface area contributed by atoms with E-state index in [2.05, 4.69) is 0 Å². The first kappa shape index (κ1) is 14.5. The zero-order chi connectivity index (χ0) is 13.9. The normalized spacial score (nSPS) is 13.1. The third kappa shape index (κ3) is 2.99. The van der Waals surface area contributed by atoms with Crippen LogP contribution in [0.1, 0.15) is 11.5 Å². The summed E-state index contributed by atoms with van der Waals surface area (Å²) >= 11 is 0. The number of rotatable bonds is 5. The summed E-state index contributed by atoms with van der Waals surface area (Å²) in [5, 5.41) is 8.99. The number of methoxy groups -OCH3 is 1. The lowest BCUT2D eigenvalue weighted by Gasteiger charge is -2.13. The molecule has 100 valence electrons. The molecule has 0 amide bonds. The second-order valence-electron chi connectivity index (χ2n) is 3.81. The summed E-state index contributed by atoms with van der Waals surface area (Å²) in [7, 11) is -2.15. The molecule has 6 nitrogen and oxygen atoms in total. The van der Waals surface area contributed by atoms with Gasteiger partial charge in [0.1, 0.15) is 10.6 Å². The Bertz CT molecular complexity index is 553. The minimum atomic E-state index is -3.49. The van der Waals surface area contributed by atoms with Gasteiger partial charge < -0.3 is 15.6 Å². The number of nitrogens with two attached hydrogens (primary N) is 1. The second kappa shape index (κ2) is 5.36. The highest BCUT2D eigenvalue weighted by Gasteiger charge is 2.22. The van der Waals surface area contributed by atoms with E-state index in [1.54, 1.807) is 0 Å². The smallest absolute Gasteiger partial charge is 0.312 e. The average Bonchev–Trinajstić information content (AvgIpc) is 2.28. The van der Waals surface area contributed by atoms with Crippen LogP contribution in [0.15, 0.2) is 23.1 Å². The number of sulfone groups is 1. The van der Waals surface area contributed by atoms with Crippen molar-refractivity contribution in [3.63, 3.8) is 0 Å². The maximum absolute atomic E-state index is 11.6. The maximum atomic E-state index is 11.6. The van der Waals surface area contributed by atoms with Gasteiger partial charge >= 0.3 is 5.97 Å². The summed E-state index contributed by atoms with van der Waals surface area (Å²) in [6.45, 7) is -0.106. The molecular formula is C11H15NO5S. The molecule has 1 rings (SSSR count). The molecule has 0 aliphatic carbocycles. The van der Waals surface area contributed by atoms with Gasteiger partial charge in [-0.15, -0.1) is 0 Å². The summed E-state index contributed by atoms with van der Waals surface area (Å²) in [6, 6.07) is 4.22. The van der Waals surface area contributed by atoms with Gasteiger partial charge in [-0.25, -0.2) is 8.42 Å². The molecule has 1 unspecified atom stereocenters. The summed E-state index contributed by atoms with van der Waals surface area (Å²) in [5.74, 6) is -1.85. The van der Waals surface area contributed by atoms with E-state index >= 15 is 0 Å². The summed E-state index contributed by atoms with van der Waals surface area (Å²) in [5.41, 5.74) is 5.71. The van der Waals surface area contributed by atoms with E-state index in [0.717, 1.165) is 6.26 Å². The summed E-state index contributed by atoms with van der Waals surface area (Å²) < 4.78 is 28.1. The number of aliphatic carboxylic acids is 1. The van der Waals surface area contributed by atoms with Gasteiger partial charge in [-0.1, -0.05) is 6.07 Å². The van der Waals surface area contributed by atoms with Crippen molar-refractivity contribution in [2.45, 2.75) is 10.8 Å². The molecule has 1 aromatic carbocycles. The average molecular weight is 273 g/mol. The van der Waals surface area contributed by atoms with Crippen LogP contribution in [0, 0.1) is 0 Å². The molecule has 0 fully saturated rings. The van der Waals surface area contributed by atoms with Crippen molar-refractivity contribution in [2.75, 3.05) is 19.9 Å². The van der Waals surface area contributed by atoms with E-state index in [1.165, 1.54) is 25.3 Å². The second-order valence-corrected chi connectivity index (χ2v) is 5.79. The van der Waals surface area contributed by atoms with Crippen LogP contribution in [-0.2, 0) is 14.6 Å². The number of carboxylic acids is 1. The number of hydrogen-bond acceptors (Lipinski definition) is 5. The Morgan fingerprint density at radius 1 is 1.50 bits per heavy atom. The quantitative estimate of drug-likeness (QED) is 0.795. The van der Waals surface area contributed by atoms with Gasteiger partial charge in [0.2, 0.25) is 0 Å². The monoisotopic (exact) mass is 273 g/mol. The van der Waals surface area contributed by atoms with Crippen molar-refractivity contribution in [1.82, 2.24) is 0 Å². The molecule has 3 N–H and O–H groups in total. The Hall–Kier alpha value is -1.60. The first-order valence-corrected chi connectivity index (χ1v) is 7.01. The molecule has 1 aromatic rings. The Labute approximate surface area is 105 Å². The van der Waals surface area contributed by atoms with Crippen LogP contribution in [0.25, 0.3) is 0 Å². The van der Waals surface area contributed by atoms with Crippen LogP contribution in [-0.4, -0.2) is 39.4 Å². The van der Waals surface area contributed by atoms with E-state index in [0.29, 0.717) is 5.56 Å². The van der Waals surface area contributed by atoms with Gasteiger partial charge in [0.25, 0.3) is 0 Å². The van der Waals surface area contributed by atoms with Crippen molar-refractivity contribution >= 4 is 15.8 Å². The van der Waals surface area contributed by atoms with Crippen molar-refractivity contribution < 1.29 is 23.1 Å². The van der Waals surface area contributed by atoms with Crippen LogP contribution in [0.2, 0.25) is 0 Å². The molecule has 0 heterocycles. The fraction of sp³-hybridized carbons (Fsp3) is 0.364. The topological polar surface area (TPSA) is 107 Å². The zero-order valence-electron chi connectivity index (χ0n) is 10.1. The van der Waals surface area contributed by atoms with Gasteiger partial charge in [0, 0.05) is 12.8 Å². The lowest BCUT2D eigenvalue weighted by molar-refractivity contribution is -0.138. The van der Waals surface area contributed by atoms with Crippen LogP contribution in [0.4, 0.5) is 0 Å². The van der Waals surface area contributed by atoms with Gasteiger partial charge in [0.15, 0.2) is 9.84 Å². The van der Waals surface area contributed by atoms with E-state index < -0.39 is 21.7 Å². The van der Waals surface area contributed by atoms with Gasteiger partial charge in [-0.2, -0.15) is 0 Å². The van der Waals surface area contributed by atoms with Crippen LogP contribution < -0.4 is 10.5 Å². The molecule has 0 spiro atoms. The van der Waals surface area contributed by atoms with Gasteiger partial charge in [-0.05, 0) is 17.7 Å². The van der Waals surface area contributed by atoms with Crippen molar-refractivity contribution in [1.29, 1.82) is 0 Å². The number of benzene rings is 1. The summed E-state index contributed by atoms with van der Waals surface area (Å²) in [4.78, 5) is 10.9. The number of ether oxygens (including phenoxy) is 1. The number of carbonyl (C=O) groups is 1. The van der Waals surface area contributed by atoms with E-state index in [1.807, 2.05) is 0 Å². The molecular weight excluding hydrogens is 258 g/mol. The molecule has 0 saturated carbocycles. The van der Waals surface area contributed by atoms with Crippen molar-refractivity contribution in [3.05, 3.63) is 23.8 Å². The molecule has 7 heteroatoms. The first-order chi connectivity index (χ1) is 8.31. The Kier molecular flexibility index (Phi) is 4.31. The SMILES string of the molecule is COc1ccc(C(CN)C(=O)O)cc1S(C)(=O)=O. The fourth-order valence-corrected chi connectivity index (χ4v) is 2.45. The lowest BCUT2D eigenvalue weighted by Crippen LogP contribution is -2.21. The number of hydrogen-bond donors (Lipinski definition) is 2. The molecule has 1 atom stereocenters. The Morgan fingerprint density at radius 2 is 2.11 bits per heavy atom. The van der Waals surface area contributed by atoms with Gasteiger partial charge in [0.05, 0.1) is 13.0 Å². The van der Waals surface area contributed by atoms with Gasteiger partial charge in [-0.3, -0.25) is 4.79 Å². The third-order valence-corrected chi connectivity index (χ3v) is 3.64. The van der Waals surface area contributed by atoms with E-state index in [-0.39, 0.29) is 17.2 Å².